The van der Waals surface area contributed by atoms with Gasteiger partial charge in [0.15, 0.2) is 0 Å². The quantitative estimate of drug-likeness (QED) is 0.712. The van der Waals surface area contributed by atoms with Crippen molar-refractivity contribution < 1.29 is 19.8 Å². The lowest BCUT2D eigenvalue weighted by Gasteiger charge is -2.24. The summed E-state index contributed by atoms with van der Waals surface area (Å²) >= 11 is 1.63. The van der Waals surface area contributed by atoms with Gasteiger partial charge in [0.2, 0.25) is 0 Å². The third-order valence-corrected chi connectivity index (χ3v) is 3.61. The molecule has 7 heteroatoms. The highest BCUT2D eigenvalue weighted by atomic mass is 32.2. The number of hydrogen-bond acceptors (Lipinski definition) is 4. The molecule has 116 valence electrons. The van der Waals surface area contributed by atoms with Crippen LogP contribution in [-0.4, -0.2) is 53.4 Å². The van der Waals surface area contributed by atoms with Crippen molar-refractivity contribution in [1.29, 1.82) is 0 Å². The Morgan fingerprint density at radius 1 is 1.33 bits per heavy atom. The molecule has 0 radical (unpaired) electrons. The molecule has 0 saturated heterocycles. The number of nitrogens with one attached hydrogen (secondary N) is 1. The number of rotatable bonds is 7. The van der Waals surface area contributed by atoms with Crippen LogP contribution in [0.1, 0.15) is 17.3 Å². The van der Waals surface area contributed by atoms with E-state index in [1.165, 1.54) is 17.0 Å². The first-order valence-electron chi connectivity index (χ1n) is 6.50. The number of carboxylic acids is 1. The van der Waals surface area contributed by atoms with Gasteiger partial charge >= 0.3 is 12.0 Å². The van der Waals surface area contributed by atoms with Crippen LogP contribution >= 0.6 is 11.8 Å². The molecule has 0 fully saturated rings. The van der Waals surface area contributed by atoms with E-state index in [2.05, 4.69) is 5.32 Å². The van der Waals surface area contributed by atoms with E-state index in [1.54, 1.807) is 23.9 Å². The number of urea groups is 1. The van der Waals surface area contributed by atoms with Crippen molar-refractivity contribution in [1.82, 2.24) is 5.32 Å². The van der Waals surface area contributed by atoms with Crippen LogP contribution in [0.3, 0.4) is 0 Å². The summed E-state index contributed by atoms with van der Waals surface area (Å²) < 4.78 is 0. The van der Waals surface area contributed by atoms with Gasteiger partial charge in [0.1, 0.15) is 0 Å². The zero-order valence-corrected chi connectivity index (χ0v) is 12.9. The molecular formula is C14H20N2O4S. The van der Waals surface area contributed by atoms with Gasteiger partial charge in [-0.1, -0.05) is 0 Å². The van der Waals surface area contributed by atoms with E-state index in [0.29, 0.717) is 5.69 Å². The van der Waals surface area contributed by atoms with E-state index in [1.807, 2.05) is 13.2 Å². The third kappa shape index (κ3) is 5.28. The van der Waals surface area contributed by atoms with Crippen LogP contribution in [0.4, 0.5) is 10.5 Å². The van der Waals surface area contributed by atoms with E-state index < -0.39 is 5.97 Å². The monoisotopic (exact) mass is 312 g/mol. The van der Waals surface area contributed by atoms with Gasteiger partial charge in [-0.05, 0) is 37.4 Å². The van der Waals surface area contributed by atoms with Gasteiger partial charge in [0.05, 0.1) is 18.7 Å². The molecule has 1 aromatic rings. The highest BCUT2D eigenvalue weighted by Crippen LogP contribution is 2.16. The zero-order chi connectivity index (χ0) is 15.8. The molecule has 1 atom stereocenters. The Labute approximate surface area is 128 Å². The number of benzene rings is 1. The minimum Gasteiger partial charge on any atom is -0.478 e. The maximum Gasteiger partial charge on any atom is 0.335 e. The van der Waals surface area contributed by atoms with Crippen molar-refractivity contribution in [2.45, 2.75) is 13.0 Å². The van der Waals surface area contributed by atoms with Gasteiger partial charge in [0.25, 0.3) is 0 Å². The van der Waals surface area contributed by atoms with E-state index >= 15 is 0 Å². The number of nitrogens with zero attached hydrogens (tertiary/aromatic N) is 1. The van der Waals surface area contributed by atoms with Gasteiger partial charge in [-0.2, -0.15) is 11.8 Å². The molecule has 3 N–H and O–H groups in total. The number of anilines is 1. The van der Waals surface area contributed by atoms with Crippen molar-refractivity contribution in [2.75, 3.05) is 30.1 Å². The third-order valence-electron chi connectivity index (χ3n) is 2.78. The molecular weight excluding hydrogens is 292 g/mol. The standard InChI is InChI=1S/C14H20N2O4S/c1-10(9-21-2)15-14(20)16(7-8-17)12-5-3-11(4-6-12)13(18)19/h3-6,10,17H,7-9H2,1-2H3,(H,15,20)(H,18,19). The molecule has 0 aliphatic rings. The molecule has 2 amide bonds. The number of carbonyl (C=O) groups excluding carboxylic acids is 1. The predicted octanol–water partition coefficient (Wildman–Crippen LogP) is 1.64. The Hall–Kier alpha value is -1.73. The molecule has 0 aliphatic carbocycles. The summed E-state index contributed by atoms with van der Waals surface area (Å²) in [5, 5.41) is 20.8. The van der Waals surface area contributed by atoms with Crippen molar-refractivity contribution >= 4 is 29.4 Å². The van der Waals surface area contributed by atoms with Crippen molar-refractivity contribution in [3.8, 4) is 0 Å². The highest BCUT2D eigenvalue weighted by molar-refractivity contribution is 7.98. The Morgan fingerprint density at radius 2 is 1.95 bits per heavy atom. The van der Waals surface area contributed by atoms with Crippen LogP contribution in [0, 0.1) is 0 Å². The van der Waals surface area contributed by atoms with E-state index in [9.17, 15) is 9.59 Å². The number of aliphatic hydroxyl groups is 1. The van der Waals surface area contributed by atoms with Crippen molar-refractivity contribution in [3.05, 3.63) is 29.8 Å². The topological polar surface area (TPSA) is 89.9 Å². The number of aliphatic hydroxyl groups excluding tert-OH is 1. The molecule has 1 unspecified atom stereocenters. The van der Waals surface area contributed by atoms with Crippen LogP contribution in [-0.2, 0) is 0 Å². The van der Waals surface area contributed by atoms with Gasteiger partial charge in [-0.3, -0.25) is 4.90 Å². The fraction of sp³-hybridized carbons (Fsp3) is 0.429. The lowest BCUT2D eigenvalue weighted by molar-refractivity contribution is 0.0697. The first kappa shape index (κ1) is 17.3. The second-order valence-corrected chi connectivity index (χ2v) is 5.44. The largest absolute Gasteiger partial charge is 0.478 e. The number of carbonyl (C=O) groups is 2. The van der Waals surface area contributed by atoms with E-state index in [0.717, 1.165) is 5.75 Å². The van der Waals surface area contributed by atoms with Crippen molar-refractivity contribution in [3.63, 3.8) is 0 Å². The Bertz CT molecular complexity index is 478. The summed E-state index contributed by atoms with van der Waals surface area (Å²) in [6.07, 6.45) is 1.96. The average Bonchev–Trinajstić information content (AvgIpc) is 2.45. The van der Waals surface area contributed by atoms with E-state index in [-0.39, 0.29) is 30.8 Å². The Balaban J connectivity index is 2.84. The Morgan fingerprint density at radius 3 is 2.43 bits per heavy atom. The van der Waals surface area contributed by atoms with Crippen LogP contribution in [0.15, 0.2) is 24.3 Å². The van der Waals surface area contributed by atoms with Crippen LogP contribution in [0.5, 0.6) is 0 Å². The normalized spacial score (nSPS) is 11.8. The molecule has 1 aromatic carbocycles. The summed E-state index contributed by atoms with van der Waals surface area (Å²) in [6.45, 7) is 1.87. The number of hydrogen-bond donors (Lipinski definition) is 3. The molecule has 6 nitrogen and oxygen atoms in total. The maximum absolute atomic E-state index is 12.2. The fourth-order valence-corrected chi connectivity index (χ4v) is 2.40. The summed E-state index contributed by atoms with van der Waals surface area (Å²) in [5.74, 6) is -0.232. The second-order valence-electron chi connectivity index (χ2n) is 4.53. The molecule has 0 bridgehead atoms. The van der Waals surface area contributed by atoms with Crippen LogP contribution in [0.2, 0.25) is 0 Å². The zero-order valence-electron chi connectivity index (χ0n) is 12.1. The molecule has 21 heavy (non-hydrogen) atoms. The van der Waals surface area contributed by atoms with Gasteiger partial charge in [-0.25, -0.2) is 9.59 Å². The fourth-order valence-electron chi connectivity index (χ4n) is 1.81. The first-order chi connectivity index (χ1) is 9.99. The minimum absolute atomic E-state index is 0.00647. The molecule has 0 aromatic heterocycles. The average molecular weight is 312 g/mol. The molecule has 1 rings (SSSR count). The van der Waals surface area contributed by atoms with Gasteiger partial charge in [-0.15, -0.1) is 0 Å². The Kier molecular flexibility index (Phi) is 7.04. The van der Waals surface area contributed by atoms with Crippen molar-refractivity contribution in [2.24, 2.45) is 0 Å². The molecule has 0 heterocycles. The molecule has 0 spiro atoms. The second kappa shape index (κ2) is 8.53. The predicted molar refractivity (Wildman–Crippen MR) is 84.2 cm³/mol. The summed E-state index contributed by atoms with van der Waals surface area (Å²) in [7, 11) is 0. The lowest BCUT2D eigenvalue weighted by atomic mass is 10.2. The molecule has 0 aliphatic heterocycles. The SMILES string of the molecule is CSCC(C)NC(=O)N(CCO)c1ccc(C(=O)O)cc1. The van der Waals surface area contributed by atoms with Gasteiger partial charge < -0.3 is 15.5 Å². The lowest BCUT2D eigenvalue weighted by Crippen LogP contribution is -2.46. The summed E-state index contributed by atoms with van der Waals surface area (Å²) in [5.41, 5.74) is 0.696. The number of amides is 2. The number of aromatic carboxylic acids is 1. The number of carboxylic acid groups (broad SMARTS) is 1. The first-order valence-corrected chi connectivity index (χ1v) is 7.90. The van der Waals surface area contributed by atoms with Crippen LogP contribution in [0.25, 0.3) is 0 Å². The number of thioether (sulfide) groups is 1. The van der Waals surface area contributed by atoms with Gasteiger partial charge in [0, 0.05) is 17.5 Å². The smallest absolute Gasteiger partial charge is 0.335 e. The van der Waals surface area contributed by atoms with Crippen LogP contribution < -0.4 is 10.2 Å². The van der Waals surface area contributed by atoms with E-state index in [4.69, 9.17) is 10.2 Å². The summed E-state index contributed by atoms with van der Waals surface area (Å²) in [6, 6.07) is 5.66. The highest BCUT2D eigenvalue weighted by Gasteiger charge is 2.17. The minimum atomic E-state index is -1.02. The molecule has 0 saturated carbocycles. The summed E-state index contributed by atoms with van der Waals surface area (Å²) in [4.78, 5) is 24.4. The maximum atomic E-state index is 12.2.